The molecular formula is C11H12FNO2. The Labute approximate surface area is 86.9 Å². The number of anilines is 1. The molecule has 0 atom stereocenters. The van der Waals surface area contributed by atoms with Gasteiger partial charge in [0.05, 0.1) is 5.92 Å². The number of halogens is 1. The number of nitrogens with one attached hydrogen (secondary N) is 1. The molecular weight excluding hydrogens is 197 g/mol. The molecule has 1 aromatic carbocycles. The van der Waals surface area contributed by atoms with Gasteiger partial charge >= 0.3 is 5.97 Å². The van der Waals surface area contributed by atoms with Crippen LogP contribution in [-0.4, -0.2) is 17.1 Å². The van der Waals surface area contributed by atoms with Crippen molar-refractivity contribution in [3.8, 4) is 0 Å². The molecule has 2 N–H and O–H groups in total. The van der Waals surface area contributed by atoms with Crippen molar-refractivity contribution in [1.82, 2.24) is 0 Å². The molecule has 0 saturated heterocycles. The molecule has 1 saturated carbocycles. The zero-order valence-electron chi connectivity index (χ0n) is 8.11. The number of hydrogen-bond acceptors (Lipinski definition) is 2. The molecule has 0 spiro atoms. The van der Waals surface area contributed by atoms with E-state index >= 15 is 0 Å². The van der Waals surface area contributed by atoms with Gasteiger partial charge in [-0.3, -0.25) is 4.79 Å². The molecule has 0 aliphatic heterocycles. The quantitative estimate of drug-likeness (QED) is 0.801. The highest BCUT2D eigenvalue weighted by molar-refractivity contribution is 5.71. The Balaban J connectivity index is 1.85. The number of carbonyl (C=O) groups is 1. The van der Waals surface area contributed by atoms with Gasteiger partial charge in [0.25, 0.3) is 0 Å². The van der Waals surface area contributed by atoms with Crippen molar-refractivity contribution in [3.63, 3.8) is 0 Å². The Morgan fingerprint density at radius 1 is 1.33 bits per heavy atom. The zero-order chi connectivity index (χ0) is 10.8. The summed E-state index contributed by atoms with van der Waals surface area (Å²) < 4.78 is 12.6. The summed E-state index contributed by atoms with van der Waals surface area (Å²) in [6.07, 6.45) is 1.29. The normalized spacial score (nSPS) is 24.3. The first kappa shape index (κ1) is 9.96. The van der Waals surface area contributed by atoms with E-state index in [2.05, 4.69) is 5.32 Å². The molecule has 2 rings (SSSR count). The van der Waals surface area contributed by atoms with Crippen LogP contribution in [0.1, 0.15) is 12.8 Å². The maximum atomic E-state index is 12.6. The van der Waals surface area contributed by atoms with Crippen LogP contribution in [0.3, 0.4) is 0 Å². The minimum atomic E-state index is -0.729. The standard InChI is InChI=1S/C11H12FNO2/c12-8-1-3-9(4-2-8)13-10-5-7(6-10)11(14)15/h1-4,7,10,13H,5-6H2,(H,14,15). The molecule has 0 amide bonds. The summed E-state index contributed by atoms with van der Waals surface area (Å²) in [7, 11) is 0. The van der Waals surface area contributed by atoms with Gasteiger partial charge in [0, 0.05) is 11.7 Å². The van der Waals surface area contributed by atoms with Crippen molar-refractivity contribution in [2.45, 2.75) is 18.9 Å². The highest BCUT2D eigenvalue weighted by atomic mass is 19.1. The zero-order valence-corrected chi connectivity index (χ0v) is 8.11. The lowest BCUT2D eigenvalue weighted by atomic mass is 9.80. The maximum Gasteiger partial charge on any atom is 0.306 e. The highest BCUT2D eigenvalue weighted by Gasteiger charge is 2.34. The van der Waals surface area contributed by atoms with Crippen molar-refractivity contribution < 1.29 is 14.3 Å². The summed E-state index contributed by atoms with van der Waals surface area (Å²) in [5, 5.41) is 11.8. The molecule has 1 aliphatic carbocycles. The topological polar surface area (TPSA) is 49.3 Å². The van der Waals surface area contributed by atoms with E-state index in [1.54, 1.807) is 12.1 Å². The van der Waals surface area contributed by atoms with Crippen LogP contribution < -0.4 is 5.32 Å². The van der Waals surface area contributed by atoms with Crippen molar-refractivity contribution >= 4 is 11.7 Å². The van der Waals surface area contributed by atoms with Gasteiger partial charge in [-0.15, -0.1) is 0 Å². The summed E-state index contributed by atoms with van der Waals surface area (Å²) in [6, 6.07) is 6.29. The lowest BCUT2D eigenvalue weighted by Gasteiger charge is -2.33. The Morgan fingerprint density at radius 3 is 2.47 bits per heavy atom. The first-order valence-electron chi connectivity index (χ1n) is 4.90. The average molecular weight is 209 g/mol. The Kier molecular flexibility index (Phi) is 2.58. The van der Waals surface area contributed by atoms with Crippen molar-refractivity contribution in [2.24, 2.45) is 5.92 Å². The second-order valence-electron chi connectivity index (χ2n) is 3.85. The third kappa shape index (κ3) is 2.26. The number of hydrogen-bond donors (Lipinski definition) is 2. The van der Waals surface area contributed by atoms with Gasteiger partial charge in [-0.05, 0) is 37.1 Å². The van der Waals surface area contributed by atoms with Gasteiger partial charge in [-0.2, -0.15) is 0 Å². The second kappa shape index (κ2) is 3.88. The van der Waals surface area contributed by atoms with Gasteiger partial charge < -0.3 is 10.4 Å². The summed E-state index contributed by atoms with van der Waals surface area (Å²) in [6.45, 7) is 0. The highest BCUT2D eigenvalue weighted by Crippen LogP contribution is 2.30. The van der Waals surface area contributed by atoms with E-state index in [9.17, 15) is 9.18 Å². The number of rotatable bonds is 3. The van der Waals surface area contributed by atoms with Crippen LogP contribution in [0.5, 0.6) is 0 Å². The van der Waals surface area contributed by atoms with Crippen LogP contribution in [0.25, 0.3) is 0 Å². The minimum absolute atomic E-state index is 0.205. The van der Waals surface area contributed by atoms with Crippen LogP contribution in [0.2, 0.25) is 0 Å². The fraction of sp³-hybridized carbons (Fsp3) is 0.364. The van der Waals surface area contributed by atoms with Crippen molar-refractivity contribution in [3.05, 3.63) is 30.1 Å². The first-order chi connectivity index (χ1) is 7.15. The second-order valence-corrected chi connectivity index (χ2v) is 3.85. The van der Waals surface area contributed by atoms with E-state index in [4.69, 9.17) is 5.11 Å². The summed E-state index contributed by atoms with van der Waals surface area (Å²) >= 11 is 0. The molecule has 0 aromatic heterocycles. The molecule has 15 heavy (non-hydrogen) atoms. The summed E-state index contributed by atoms with van der Waals surface area (Å²) in [5.74, 6) is -1.22. The molecule has 4 heteroatoms. The Hall–Kier alpha value is -1.58. The smallest absolute Gasteiger partial charge is 0.306 e. The number of carboxylic acid groups (broad SMARTS) is 1. The molecule has 0 bridgehead atoms. The van der Waals surface area contributed by atoms with E-state index in [-0.39, 0.29) is 17.8 Å². The Bertz CT molecular complexity index is 357. The predicted octanol–water partition coefficient (Wildman–Crippen LogP) is 2.10. The van der Waals surface area contributed by atoms with E-state index in [1.807, 2.05) is 0 Å². The van der Waals surface area contributed by atoms with Crippen LogP contribution in [-0.2, 0) is 4.79 Å². The van der Waals surface area contributed by atoms with E-state index in [0.29, 0.717) is 12.8 Å². The molecule has 1 aliphatic rings. The van der Waals surface area contributed by atoms with Gasteiger partial charge in [0.2, 0.25) is 0 Å². The average Bonchev–Trinajstić information content (AvgIpc) is 2.13. The third-order valence-electron chi connectivity index (χ3n) is 2.70. The van der Waals surface area contributed by atoms with E-state index < -0.39 is 5.97 Å². The summed E-state index contributed by atoms with van der Waals surface area (Å²) in [4.78, 5) is 10.5. The van der Waals surface area contributed by atoms with Crippen LogP contribution >= 0.6 is 0 Å². The van der Waals surface area contributed by atoms with E-state index in [1.165, 1.54) is 12.1 Å². The van der Waals surface area contributed by atoms with Gasteiger partial charge in [-0.25, -0.2) is 4.39 Å². The molecule has 0 radical (unpaired) electrons. The molecule has 0 unspecified atom stereocenters. The summed E-state index contributed by atoms with van der Waals surface area (Å²) in [5.41, 5.74) is 0.838. The van der Waals surface area contributed by atoms with Gasteiger partial charge in [0.15, 0.2) is 0 Å². The van der Waals surface area contributed by atoms with Crippen LogP contribution in [0.4, 0.5) is 10.1 Å². The fourth-order valence-corrected chi connectivity index (χ4v) is 1.72. The van der Waals surface area contributed by atoms with Crippen LogP contribution in [0.15, 0.2) is 24.3 Å². The number of carboxylic acids is 1. The lowest BCUT2D eigenvalue weighted by molar-refractivity contribution is -0.144. The van der Waals surface area contributed by atoms with Gasteiger partial charge in [-0.1, -0.05) is 0 Å². The molecule has 1 aromatic rings. The minimum Gasteiger partial charge on any atom is -0.481 e. The lowest BCUT2D eigenvalue weighted by Crippen LogP contribution is -2.39. The Morgan fingerprint density at radius 2 is 1.93 bits per heavy atom. The molecule has 0 heterocycles. The third-order valence-corrected chi connectivity index (χ3v) is 2.70. The van der Waals surface area contributed by atoms with Gasteiger partial charge in [0.1, 0.15) is 5.82 Å². The predicted molar refractivity (Wildman–Crippen MR) is 54.2 cm³/mol. The maximum absolute atomic E-state index is 12.6. The number of aliphatic carboxylic acids is 1. The molecule has 1 fully saturated rings. The fourth-order valence-electron chi connectivity index (χ4n) is 1.72. The largest absolute Gasteiger partial charge is 0.481 e. The molecule has 3 nitrogen and oxygen atoms in total. The van der Waals surface area contributed by atoms with E-state index in [0.717, 1.165) is 5.69 Å². The van der Waals surface area contributed by atoms with Crippen LogP contribution in [0, 0.1) is 11.7 Å². The first-order valence-corrected chi connectivity index (χ1v) is 4.90. The van der Waals surface area contributed by atoms with Crippen molar-refractivity contribution in [2.75, 3.05) is 5.32 Å². The molecule has 80 valence electrons. The number of benzene rings is 1. The monoisotopic (exact) mass is 209 g/mol. The van der Waals surface area contributed by atoms with Crippen molar-refractivity contribution in [1.29, 1.82) is 0 Å². The SMILES string of the molecule is O=C(O)C1CC(Nc2ccc(F)cc2)C1.